The minimum atomic E-state index is -1.14. The number of nitrogens with two attached hydrogens (primary N) is 2. The second-order valence-corrected chi connectivity index (χ2v) is 5.27. The van der Waals surface area contributed by atoms with Gasteiger partial charge in [0, 0.05) is 12.2 Å². The maximum atomic E-state index is 11.9. The average molecular weight is 284 g/mol. The lowest BCUT2D eigenvalue weighted by molar-refractivity contribution is -0.143. The molecule has 4 heteroatoms. The van der Waals surface area contributed by atoms with Crippen molar-refractivity contribution in [1.29, 1.82) is 0 Å². The van der Waals surface area contributed by atoms with Crippen LogP contribution in [0.2, 0.25) is 0 Å². The highest BCUT2D eigenvalue weighted by Gasteiger charge is 2.39. The van der Waals surface area contributed by atoms with Crippen molar-refractivity contribution in [2.75, 3.05) is 12.3 Å². The highest BCUT2D eigenvalue weighted by molar-refractivity contribution is 5.82. The molecule has 1 atom stereocenters. The molecule has 2 rings (SSSR count). The Bertz CT molecular complexity index is 640. The van der Waals surface area contributed by atoms with Crippen molar-refractivity contribution >= 4 is 11.7 Å². The molecule has 0 spiro atoms. The molecule has 0 heterocycles. The van der Waals surface area contributed by atoms with Crippen LogP contribution in [0.5, 0.6) is 0 Å². The summed E-state index contributed by atoms with van der Waals surface area (Å²) in [4.78, 5) is 11.9. The van der Waals surface area contributed by atoms with Crippen molar-refractivity contribution in [3.8, 4) is 0 Å². The van der Waals surface area contributed by atoms with Crippen molar-refractivity contribution < 1.29 is 9.90 Å². The molecule has 5 N–H and O–H groups in total. The van der Waals surface area contributed by atoms with E-state index >= 15 is 0 Å². The SMILES string of the molecule is Cc1c(N)cccc1CC(CN)(C(=O)O)c1ccccc1. The van der Waals surface area contributed by atoms with Gasteiger partial charge in [-0.3, -0.25) is 4.79 Å². The third-order valence-electron chi connectivity index (χ3n) is 4.06. The van der Waals surface area contributed by atoms with Gasteiger partial charge in [0.15, 0.2) is 0 Å². The summed E-state index contributed by atoms with van der Waals surface area (Å²) >= 11 is 0. The summed E-state index contributed by atoms with van der Waals surface area (Å²) in [6.45, 7) is 1.93. The monoisotopic (exact) mass is 284 g/mol. The normalized spacial score (nSPS) is 13.6. The highest BCUT2D eigenvalue weighted by Crippen LogP contribution is 2.30. The predicted molar refractivity (Wildman–Crippen MR) is 84.1 cm³/mol. The number of benzene rings is 2. The van der Waals surface area contributed by atoms with Crippen molar-refractivity contribution in [2.45, 2.75) is 18.8 Å². The van der Waals surface area contributed by atoms with Gasteiger partial charge in [-0.25, -0.2) is 0 Å². The molecule has 110 valence electrons. The maximum Gasteiger partial charge on any atom is 0.315 e. The van der Waals surface area contributed by atoms with Crippen LogP contribution in [0, 0.1) is 6.92 Å². The first-order chi connectivity index (χ1) is 10.0. The number of carboxylic acid groups (broad SMARTS) is 1. The Morgan fingerprint density at radius 1 is 1.14 bits per heavy atom. The Morgan fingerprint density at radius 3 is 2.38 bits per heavy atom. The zero-order valence-corrected chi connectivity index (χ0v) is 12.0. The van der Waals surface area contributed by atoms with Gasteiger partial charge in [0.2, 0.25) is 0 Å². The Balaban J connectivity index is 2.52. The summed E-state index contributed by atoms with van der Waals surface area (Å²) in [6, 6.07) is 14.7. The van der Waals surface area contributed by atoms with Gasteiger partial charge < -0.3 is 16.6 Å². The second-order valence-electron chi connectivity index (χ2n) is 5.27. The van der Waals surface area contributed by atoms with E-state index in [1.165, 1.54) is 0 Å². The maximum absolute atomic E-state index is 11.9. The fourth-order valence-electron chi connectivity index (χ4n) is 2.56. The van der Waals surface area contributed by atoms with Crippen LogP contribution in [-0.4, -0.2) is 17.6 Å². The molecule has 2 aromatic rings. The molecule has 0 amide bonds. The smallest absolute Gasteiger partial charge is 0.315 e. The van der Waals surface area contributed by atoms with E-state index < -0.39 is 11.4 Å². The van der Waals surface area contributed by atoms with Crippen LogP contribution < -0.4 is 11.5 Å². The van der Waals surface area contributed by atoms with Crippen molar-refractivity contribution in [2.24, 2.45) is 5.73 Å². The number of rotatable bonds is 5. The molecular weight excluding hydrogens is 264 g/mol. The lowest BCUT2D eigenvalue weighted by Crippen LogP contribution is -2.45. The minimum Gasteiger partial charge on any atom is -0.481 e. The zero-order valence-electron chi connectivity index (χ0n) is 12.0. The molecule has 0 radical (unpaired) electrons. The van der Waals surface area contributed by atoms with E-state index in [0.29, 0.717) is 17.7 Å². The number of hydrogen-bond donors (Lipinski definition) is 3. The molecule has 0 aliphatic rings. The topological polar surface area (TPSA) is 89.3 Å². The van der Waals surface area contributed by atoms with Crippen molar-refractivity contribution in [3.05, 3.63) is 65.2 Å². The zero-order chi connectivity index (χ0) is 15.5. The molecule has 0 aromatic heterocycles. The van der Waals surface area contributed by atoms with Gasteiger partial charge in [0.05, 0.1) is 0 Å². The van der Waals surface area contributed by atoms with Crippen LogP contribution >= 0.6 is 0 Å². The quantitative estimate of drug-likeness (QED) is 0.733. The van der Waals surface area contributed by atoms with E-state index in [2.05, 4.69) is 0 Å². The number of carbonyl (C=O) groups is 1. The van der Waals surface area contributed by atoms with E-state index in [1.807, 2.05) is 55.5 Å². The molecule has 0 saturated heterocycles. The number of anilines is 1. The molecule has 0 aliphatic carbocycles. The molecule has 1 unspecified atom stereocenters. The van der Waals surface area contributed by atoms with Crippen LogP contribution in [0.25, 0.3) is 0 Å². The fraction of sp³-hybridized carbons (Fsp3) is 0.235. The van der Waals surface area contributed by atoms with Gasteiger partial charge in [-0.2, -0.15) is 0 Å². The van der Waals surface area contributed by atoms with Gasteiger partial charge in [-0.05, 0) is 36.1 Å². The van der Waals surface area contributed by atoms with Gasteiger partial charge in [-0.15, -0.1) is 0 Å². The summed E-state index contributed by atoms with van der Waals surface area (Å²) < 4.78 is 0. The lowest BCUT2D eigenvalue weighted by Gasteiger charge is -2.29. The standard InChI is InChI=1S/C17H20N2O2/c1-12-13(6-5-9-15(12)19)10-17(11-18,16(20)21)14-7-3-2-4-8-14/h2-9H,10-11,18-19H2,1H3,(H,20,21). The number of hydrogen-bond acceptors (Lipinski definition) is 3. The Morgan fingerprint density at radius 2 is 1.81 bits per heavy atom. The second kappa shape index (κ2) is 5.97. The molecule has 0 bridgehead atoms. The summed E-state index contributed by atoms with van der Waals surface area (Å²) in [6.07, 6.45) is 0.319. The van der Waals surface area contributed by atoms with Gasteiger partial charge in [0.25, 0.3) is 0 Å². The van der Waals surface area contributed by atoms with Gasteiger partial charge >= 0.3 is 5.97 Å². The first-order valence-electron chi connectivity index (χ1n) is 6.84. The van der Waals surface area contributed by atoms with Crippen LogP contribution in [0.15, 0.2) is 48.5 Å². The summed E-state index contributed by atoms with van der Waals surface area (Å²) in [5.74, 6) is -0.918. The Hall–Kier alpha value is -2.33. The number of carboxylic acids is 1. The summed E-state index contributed by atoms with van der Waals surface area (Å²) in [7, 11) is 0. The summed E-state index contributed by atoms with van der Waals surface area (Å²) in [5, 5.41) is 9.79. The minimum absolute atomic E-state index is 0.0284. The van der Waals surface area contributed by atoms with E-state index in [4.69, 9.17) is 11.5 Å². The van der Waals surface area contributed by atoms with Crippen LogP contribution in [-0.2, 0) is 16.6 Å². The van der Waals surface area contributed by atoms with E-state index in [9.17, 15) is 9.90 Å². The number of nitrogen functional groups attached to an aromatic ring is 1. The molecule has 2 aromatic carbocycles. The van der Waals surface area contributed by atoms with E-state index in [-0.39, 0.29) is 6.54 Å². The van der Waals surface area contributed by atoms with Gasteiger partial charge in [-0.1, -0.05) is 42.5 Å². The van der Waals surface area contributed by atoms with Gasteiger partial charge in [0.1, 0.15) is 5.41 Å². The lowest BCUT2D eigenvalue weighted by atomic mass is 9.75. The van der Waals surface area contributed by atoms with Crippen LogP contribution in [0.3, 0.4) is 0 Å². The third kappa shape index (κ3) is 2.76. The molecule has 21 heavy (non-hydrogen) atoms. The van der Waals surface area contributed by atoms with Crippen LogP contribution in [0.1, 0.15) is 16.7 Å². The molecule has 0 aliphatic heterocycles. The molecule has 0 fully saturated rings. The molecular formula is C17H20N2O2. The van der Waals surface area contributed by atoms with Crippen molar-refractivity contribution in [3.63, 3.8) is 0 Å². The largest absolute Gasteiger partial charge is 0.481 e. The fourth-order valence-corrected chi connectivity index (χ4v) is 2.56. The van der Waals surface area contributed by atoms with Crippen LogP contribution in [0.4, 0.5) is 5.69 Å². The highest BCUT2D eigenvalue weighted by atomic mass is 16.4. The first-order valence-corrected chi connectivity index (χ1v) is 6.84. The number of aliphatic carboxylic acids is 1. The Labute approximate surface area is 124 Å². The van der Waals surface area contributed by atoms with E-state index in [1.54, 1.807) is 0 Å². The molecule has 0 saturated carbocycles. The van der Waals surface area contributed by atoms with E-state index in [0.717, 1.165) is 11.1 Å². The predicted octanol–water partition coefficient (Wildman–Crippen LogP) is 2.10. The average Bonchev–Trinajstić information content (AvgIpc) is 2.49. The first kappa shape index (κ1) is 15.1. The third-order valence-corrected chi connectivity index (χ3v) is 4.06. The summed E-state index contributed by atoms with van der Waals surface area (Å²) in [5.41, 5.74) is 13.8. The van der Waals surface area contributed by atoms with Crippen molar-refractivity contribution in [1.82, 2.24) is 0 Å². The Kier molecular flexibility index (Phi) is 4.29. The molecule has 4 nitrogen and oxygen atoms in total.